The van der Waals surface area contributed by atoms with Crippen LogP contribution in [0.2, 0.25) is 5.02 Å². The number of halogens is 2. The maximum absolute atomic E-state index is 14.0. The van der Waals surface area contributed by atoms with Crippen molar-refractivity contribution in [3.05, 3.63) is 68.5 Å². The number of rotatable bonds is 7. The van der Waals surface area contributed by atoms with Crippen LogP contribution < -0.4 is 10.1 Å². The van der Waals surface area contributed by atoms with E-state index in [1.54, 1.807) is 0 Å². The Morgan fingerprint density at radius 3 is 2.79 bits per heavy atom. The number of nitrogens with one attached hydrogen (secondary N) is 1. The number of nitro groups is 1. The molecular formula is C19H12ClFN4O7S. The molecule has 1 saturated heterocycles. The van der Waals surface area contributed by atoms with E-state index >= 15 is 0 Å². The second kappa shape index (κ2) is 10.2. The highest BCUT2D eigenvalue weighted by atomic mass is 35.5. The van der Waals surface area contributed by atoms with Crippen LogP contribution >= 0.6 is 23.4 Å². The number of carbonyl (C=O) groups excluding carboxylic acids is 2. The van der Waals surface area contributed by atoms with Crippen LogP contribution in [0.3, 0.4) is 0 Å². The number of ether oxygens (including phenoxy) is 1. The summed E-state index contributed by atoms with van der Waals surface area (Å²) in [6, 6.07) is 6.84. The standard InChI is InChI=1S/C19H12ClFN4O7S/c20-11-2-1-3-12(21)16(11)18(29)32-13-5-4-10(25(30)31)6-9(13)8-22-24-19-23-17(28)14(33-19)7-15(26)27/h1-6,8,14H,7H2,(H,26,27)(H,23,24,28). The number of thioether (sulfide) groups is 1. The van der Waals surface area contributed by atoms with Gasteiger partial charge in [0.2, 0.25) is 5.91 Å². The summed E-state index contributed by atoms with van der Waals surface area (Å²) in [6.45, 7) is 0. The summed E-state index contributed by atoms with van der Waals surface area (Å²) in [5.74, 6) is -3.96. The van der Waals surface area contributed by atoms with Crippen LogP contribution in [-0.4, -0.2) is 44.5 Å². The Balaban J connectivity index is 1.86. The van der Waals surface area contributed by atoms with Crippen molar-refractivity contribution in [3.8, 4) is 5.75 Å². The van der Waals surface area contributed by atoms with Crippen LogP contribution in [0.1, 0.15) is 22.3 Å². The number of aliphatic carboxylic acids is 1. The summed E-state index contributed by atoms with van der Waals surface area (Å²) >= 11 is 6.71. The van der Waals surface area contributed by atoms with Gasteiger partial charge in [-0.05, 0) is 18.2 Å². The number of hydrogen-bond acceptors (Lipinski definition) is 9. The Morgan fingerprint density at radius 1 is 1.36 bits per heavy atom. The highest BCUT2D eigenvalue weighted by Crippen LogP contribution is 2.27. The minimum Gasteiger partial charge on any atom is -0.481 e. The van der Waals surface area contributed by atoms with Gasteiger partial charge in [-0.15, -0.1) is 5.10 Å². The molecule has 1 fully saturated rings. The van der Waals surface area contributed by atoms with Gasteiger partial charge in [0.1, 0.15) is 22.4 Å². The van der Waals surface area contributed by atoms with Crippen molar-refractivity contribution >= 4 is 58.3 Å². The molecule has 1 heterocycles. The van der Waals surface area contributed by atoms with E-state index in [2.05, 4.69) is 15.5 Å². The van der Waals surface area contributed by atoms with E-state index in [0.717, 1.165) is 42.2 Å². The molecule has 0 aromatic heterocycles. The number of esters is 1. The first-order valence-corrected chi connectivity index (χ1v) is 10.2. The number of carboxylic acids is 1. The summed E-state index contributed by atoms with van der Waals surface area (Å²) in [4.78, 5) is 45.3. The monoisotopic (exact) mass is 494 g/mol. The number of nitro benzene ring substituents is 1. The van der Waals surface area contributed by atoms with Gasteiger partial charge in [0, 0.05) is 17.7 Å². The second-order valence-electron chi connectivity index (χ2n) is 6.31. The van der Waals surface area contributed by atoms with E-state index in [4.69, 9.17) is 21.4 Å². The average molecular weight is 495 g/mol. The van der Waals surface area contributed by atoms with E-state index in [9.17, 15) is 28.9 Å². The number of benzene rings is 2. The molecule has 0 radical (unpaired) electrons. The minimum atomic E-state index is -1.16. The van der Waals surface area contributed by atoms with E-state index in [1.807, 2.05) is 0 Å². The Hall–Kier alpha value is -3.84. The summed E-state index contributed by atoms with van der Waals surface area (Å²) in [6.07, 6.45) is 0.603. The van der Waals surface area contributed by atoms with Gasteiger partial charge in [-0.1, -0.05) is 29.4 Å². The molecule has 3 rings (SSSR count). The smallest absolute Gasteiger partial charge is 0.348 e. The van der Waals surface area contributed by atoms with Crippen LogP contribution in [0.4, 0.5) is 10.1 Å². The highest BCUT2D eigenvalue weighted by Gasteiger charge is 2.32. The fourth-order valence-corrected chi connectivity index (χ4v) is 3.73. The van der Waals surface area contributed by atoms with Gasteiger partial charge in [-0.25, -0.2) is 9.18 Å². The first kappa shape index (κ1) is 23.8. The van der Waals surface area contributed by atoms with Crippen molar-refractivity contribution in [2.24, 2.45) is 10.2 Å². The summed E-state index contributed by atoms with van der Waals surface area (Å²) in [5, 5.41) is 28.7. The summed E-state index contributed by atoms with van der Waals surface area (Å²) < 4.78 is 19.2. The predicted octanol–water partition coefficient (Wildman–Crippen LogP) is 3.00. The molecule has 1 amide bonds. The number of nitrogens with zero attached hydrogens (tertiary/aromatic N) is 3. The molecule has 170 valence electrons. The van der Waals surface area contributed by atoms with E-state index in [1.165, 1.54) is 12.1 Å². The molecule has 0 bridgehead atoms. The first-order valence-electron chi connectivity index (χ1n) is 8.90. The Kier molecular flexibility index (Phi) is 7.35. The van der Waals surface area contributed by atoms with Gasteiger partial charge in [0.05, 0.1) is 22.6 Å². The predicted molar refractivity (Wildman–Crippen MR) is 116 cm³/mol. The van der Waals surface area contributed by atoms with Crippen molar-refractivity contribution in [1.82, 2.24) is 5.32 Å². The third-order valence-electron chi connectivity index (χ3n) is 4.06. The average Bonchev–Trinajstić information content (AvgIpc) is 3.07. The molecule has 0 spiro atoms. The number of carboxylic acid groups (broad SMARTS) is 1. The van der Waals surface area contributed by atoms with Crippen molar-refractivity contribution in [3.63, 3.8) is 0 Å². The number of amides is 1. The zero-order valence-electron chi connectivity index (χ0n) is 16.2. The zero-order valence-corrected chi connectivity index (χ0v) is 17.8. The maximum Gasteiger partial charge on any atom is 0.348 e. The molecule has 0 saturated carbocycles. The fourth-order valence-electron chi connectivity index (χ4n) is 2.58. The molecule has 1 unspecified atom stereocenters. The number of carbonyl (C=O) groups is 3. The van der Waals surface area contributed by atoms with Gasteiger partial charge in [0.15, 0.2) is 5.17 Å². The van der Waals surface area contributed by atoms with Crippen molar-refractivity contribution < 1.29 is 33.5 Å². The van der Waals surface area contributed by atoms with Gasteiger partial charge < -0.3 is 15.2 Å². The molecule has 1 atom stereocenters. The molecule has 11 nitrogen and oxygen atoms in total. The molecule has 2 N–H and O–H groups in total. The van der Waals surface area contributed by atoms with Crippen LogP contribution in [0, 0.1) is 15.9 Å². The summed E-state index contributed by atoms with van der Waals surface area (Å²) in [5.41, 5.74) is -0.918. The molecular weight excluding hydrogens is 483 g/mol. The third kappa shape index (κ3) is 5.90. The van der Waals surface area contributed by atoms with Gasteiger partial charge >= 0.3 is 11.9 Å². The molecule has 2 aromatic rings. The van der Waals surface area contributed by atoms with E-state index in [0.29, 0.717) is 0 Å². The number of amidine groups is 1. The minimum absolute atomic E-state index is 0.0182. The Bertz CT molecular complexity index is 1200. The zero-order chi connectivity index (χ0) is 24.1. The van der Waals surface area contributed by atoms with E-state index in [-0.39, 0.29) is 27.2 Å². The first-order chi connectivity index (χ1) is 15.7. The fraction of sp³-hybridized carbons (Fsp3) is 0.105. The lowest BCUT2D eigenvalue weighted by molar-refractivity contribution is -0.384. The SMILES string of the molecule is O=C(O)CC1SC(=NN=Cc2cc([N+](=O)[O-])ccc2OC(=O)c2c(F)cccc2Cl)NC1=O. The van der Waals surface area contributed by atoms with Gasteiger partial charge in [0.25, 0.3) is 5.69 Å². The van der Waals surface area contributed by atoms with Crippen LogP contribution in [0.5, 0.6) is 5.75 Å². The lowest BCUT2D eigenvalue weighted by atomic mass is 10.2. The normalized spacial score (nSPS) is 16.7. The molecule has 0 aliphatic carbocycles. The van der Waals surface area contributed by atoms with Crippen LogP contribution in [0.15, 0.2) is 46.6 Å². The second-order valence-corrected chi connectivity index (χ2v) is 7.91. The topological polar surface area (TPSA) is 161 Å². The largest absolute Gasteiger partial charge is 0.481 e. The highest BCUT2D eigenvalue weighted by molar-refractivity contribution is 8.15. The lowest BCUT2D eigenvalue weighted by Crippen LogP contribution is -2.26. The molecule has 14 heteroatoms. The Morgan fingerprint density at radius 2 is 2.12 bits per heavy atom. The van der Waals surface area contributed by atoms with Crippen molar-refractivity contribution in [1.29, 1.82) is 0 Å². The molecule has 33 heavy (non-hydrogen) atoms. The van der Waals surface area contributed by atoms with Gasteiger partial charge in [-0.2, -0.15) is 5.10 Å². The molecule has 2 aromatic carbocycles. The number of hydrogen-bond donors (Lipinski definition) is 2. The van der Waals surface area contributed by atoms with Crippen LogP contribution in [0.25, 0.3) is 0 Å². The molecule has 1 aliphatic heterocycles. The van der Waals surface area contributed by atoms with Crippen molar-refractivity contribution in [2.75, 3.05) is 0 Å². The summed E-state index contributed by atoms with van der Waals surface area (Å²) in [7, 11) is 0. The third-order valence-corrected chi connectivity index (χ3v) is 5.44. The number of non-ortho nitro benzene ring substituents is 1. The van der Waals surface area contributed by atoms with Crippen LogP contribution in [-0.2, 0) is 9.59 Å². The quantitative estimate of drug-likeness (QED) is 0.195. The lowest BCUT2D eigenvalue weighted by Gasteiger charge is -2.09. The van der Waals surface area contributed by atoms with Gasteiger partial charge in [-0.3, -0.25) is 19.7 Å². The van der Waals surface area contributed by atoms with E-state index < -0.39 is 45.8 Å². The van der Waals surface area contributed by atoms with Crippen molar-refractivity contribution in [2.45, 2.75) is 11.7 Å². The maximum atomic E-state index is 14.0. The Labute approximate surface area is 193 Å². The molecule has 1 aliphatic rings.